The highest BCUT2D eigenvalue weighted by molar-refractivity contribution is 5.70. The van der Waals surface area contributed by atoms with Gasteiger partial charge in [0.1, 0.15) is 13.2 Å². The topological polar surface area (TPSA) is 59.6 Å². The molecule has 17 heavy (non-hydrogen) atoms. The summed E-state index contributed by atoms with van der Waals surface area (Å²) in [4.78, 5) is 11.4. The number of carbonyl (C=O) groups is 1. The molecular formula is C12H16N2O3. The summed E-state index contributed by atoms with van der Waals surface area (Å²) in [6.07, 6.45) is 0.0410. The van der Waals surface area contributed by atoms with Crippen LogP contribution in [0.15, 0.2) is 30.3 Å². The van der Waals surface area contributed by atoms with Crippen molar-refractivity contribution in [1.29, 1.82) is 0 Å². The molecule has 0 unspecified atom stereocenters. The van der Waals surface area contributed by atoms with Gasteiger partial charge in [-0.15, -0.1) is 0 Å². The predicted molar refractivity (Wildman–Crippen MR) is 62.0 cm³/mol. The number of rotatable bonds is 5. The number of hydrogen-bond acceptors (Lipinski definition) is 5. The second-order valence-electron chi connectivity index (χ2n) is 3.84. The van der Waals surface area contributed by atoms with E-state index in [1.54, 1.807) is 0 Å². The van der Waals surface area contributed by atoms with Gasteiger partial charge in [-0.1, -0.05) is 30.3 Å². The zero-order chi connectivity index (χ0) is 11.9. The summed E-state index contributed by atoms with van der Waals surface area (Å²) >= 11 is 0. The van der Waals surface area contributed by atoms with Crippen LogP contribution in [0.4, 0.5) is 0 Å². The van der Waals surface area contributed by atoms with Crippen LogP contribution in [-0.4, -0.2) is 31.8 Å². The molecule has 5 heteroatoms. The Bertz CT molecular complexity index is 350. The molecule has 2 rings (SSSR count). The van der Waals surface area contributed by atoms with Gasteiger partial charge in [0.15, 0.2) is 0 Å². The van der Waals surface area contributed by atoms with Crippen molar-refractivity contribution in [2.75, 3.05) is 19.7 Å². The third kappa shape index (κ3) is 4.14. The molecule has 0 radical (unpaired) electrons. The van der Waals surface area contributed by atoms with Crippen LogP contribution in [-0.2, 0) is 20.9 Å². The lowest BCUT2D eigenvalue weighted by molar-refractivity contribution is -0.151. The molecule has 1 aromatic rings. The van der Waals surface area contributed by atoms with Crippen LogP contribution in [0.1, 0.15) is 5.56 Å². The first-order valence-corrected chi connectivity index (χ1v) is 5.61. The Labute approximate surface area is 100 Å². The SMILES string of the molecule is O=C(COC1CNNC1)OCc1ccccc1. The monoisotopic (exact) mass is 236 g/mol. The number of benzene rings is 1. The maximum atomic E-state index is 11.4. The van der Waals surface area contributed by atoms with Gasteiger partial charge in [-0.05, 0) is 5.56 Å². The first-order valence-electron chi connectivity index (χ1n) is 5.61. The molecule has 0 spiro atoms. The van der Waals surface area contributed by atoms with E-state index in [2.05, 4.69) is 10.9 Å². The third-order valence-corrected chi connectivity index (χ3v) is 2.46. The van der Waals surface area contributed by atoms with Crippen molar-refractivity contribution in [2.45, 2.75) is 12.7 Å². The smallest absolute Gasteiger partial charge is 0.332 e. The van der Waals surface area contributed by atoms with Gasteiger partial charge in [-0.2, -0.15) is 0 Å². The lowest BCUT2D eigenvalue weighted by Crippen LogP contribution is -2.23. The van der Waals surface area contributed by atoms with Crippen LogP contribution in [0, 0.1) is 0 Å². The molecule has 1 fully saturated rings. The Kier molecular flexibility index (Phi) is 4.49. The summed E-state index contributed by atoms with van der Waals surface area (Å²) in [6, 6.07) is 9.58. The van der Waals surface area contributed by atoms with Gasteiger partial charge in [0.2, 0.25) is 0 Å². The lowest BCUT2D eigenvalue weighted by atomic mass is 10.2. The maximum absolute atomic E-state index is 11.4. The summed E-state index contributed by atoms with van der Waals surface area (Å²) in [5, 5.41) is 0. The molecule has 92 valence electrons. The fourth-order valence-electron chi connectivity index (χ4n) is 1.53. The van der Waals surface area contributed by atoms with Crippen molar-refractivity contribution < 1.29 is 14.3 Å². The number of hydrazine groups is 1. The van der Waals surface area contributed by atoms with E-state index in [4.69, 9.17) is 9.47 Å². The minimum Gasteiger partial charge on any atom is -0.459 e. The van der Waals surface area contributed by atoms with Gasteiger partial charge < -0.3 is 9.47 Å². The number of hydrogen-bond donors (Lipinski definition) is 2. The van der Waals surface area contributed by atoms with Gasteiger partial charge in [-0.25, -0.2) is 4.79 Å². The highest BCUT2D eigenvalue weighted by Crippen LogP contribution is 2.01. The summed E-state index contributed by atoms with van der Waals surface area (Å²) in [5.74, 6) is -0.333. The van der Waals surface area contributed by atoms with Gasteiger partial charge in [-0.3, -0.25) is 10.9 Å². The summed E-state index contributed by atoms with van der Waals surface area (Å²) in [7, 11) is 0. The highest BCUT2D eigenvalue weighted by atomic mass is 16.6. The second-order valence-corrected chi connectivity index (χ2v) is 3.84. The van der Waals surface area contributed by atoms with Crippen molar-refractivity contribution in [2.24, 2.45) is 0 Å². The Hall–Kier alpha value is -1.43. The molecule has 1 heterocycles. The Balaban J connectivity index is 1.64. The molecular weight excluding hydrogens is 220 g/mol. The average molecular weight is 236 g/mol. The zero-order valence-electron chi connectivity index (χ0n) is 9.52. The van der Waals surface area contributed by atoms with Crippen molar-refractivity contribution >= 4 is 5.97 Å². The van der Waals surface area contributed by atoms with Crippen molar-refractivity contribution in [3.63, 3.8) is 0 Å². The van der Waals surface area contributed by atoms with Crippen molar-refractivity contribution in [1.82, 2.24) is 10.9 Å². The van der Waals surface area contributed by atoms with E-state index in [0.29, 0.717) is 19.7 Å². The number of ether oxygens (including phenoxy) is 2. The molecule has 0 atom stereocenters. The Morgan fingerprint density at radius 1 is 1.24 bits per heavy atom. The fourth-order valence-corrected chi connectivity index (χ4v) is 1.53. The van der Waals surface area contributed by atoms with Crippen LogP contribution < -0.4 is 10.9 Å². The first-order chi connectivity index (χ1) is 8.34. The van der Waals surface area contributed by atoms with E-state index >= 15 is 0 Å². The highest BCUT2D eigenvalue weighted by Gasteiger charge is 2.16. The van der Waals surface area contributed by atoms with Crippen LogP contribution in [0.3, 0.4) is 0 Å². The van der Waals surface area contributed by atoms with E-state index < -0.39 is 0 Å². The summed E-state index contributed by atoms with van der Waals surface area (Å²) in [5.41, 5.74) is 6.83. The first kappa shape index (κ1) is 12.0. The molecule has 2 N–H and O–H groups in total. The molecule has 0 aromatic heterocycles. The molecule has 1 saturated heterocycles. The minimum absolute atomic E-state index is 0.000853. The molecule has 1 aromatic carbocycles. The van der Waals surface area contributed by atoms with E-state index in [0.717, 1.165) is 5.56 Å². The largest absolute Gasteiger partial charge is 0.459 e. The third-order valence-electron chi connectivity index (χ3n) is 2.46. The van der Waals surface area contributed by atoms with Gasteiger partial charge in [0.25, 0.3) is 0 Å². The maximum Gasteiger partial charge on any atom is 0.332 e. The summed E-state index contributed by atoms with van der Waals surface area (Å²) in [6.45, 7) is 1.73. The van der Waals surface area contributed by atoms with Crippen LogP contribution in [0.5, 0.6) is 0 Å². The van der Waals surface area contributed by atoms with Crippen LogP contribution >= 0.6 is 0 Å². The van der Waals surface area contributed by atoms with E-state index in [1.165, 1.54) is 0 Å². The molecule has 0 saturated carbocycles. The molecule has 0 aliphatic carbocycles. The van der Waals surface area contributed by atoms with Crippen LogP contribution in [0.25, 0.3) is 0 Å². The standard InChI is InChI=1S/C12H16N2O3/c15-12(9-16-11-6-13-14-7-11)17-8-10-4-2-1-3-5-10/h1-5,11,13-14H,6-9H2. The van der Waals surface area contributed by atoms with E-state index in [1.807, 2.05) is 30.3 Å². The predicted octanol–water partition coefficient (Wildman–Crippen LogP) is 0.223. The molecule has 1 aliphatic heterocycles. The molecule has 0 amide bonds. The summed E-state index contributed by atoms with van der Waals surface area (Å²) < 4.78 is 10.4. The number of carbonyl (C=O) groups excluding carboxylic acids is 1. The second kappa shape index (κ2) is 6.34. The van der Waals surface area contributed by atoms with Crippen molar-refractivity contribution in [3.8, 4) is 0 Å². The van der Waals surface area contributed by atoms with E-state index in [9.17, 15) is 4.79 Å². The normalized spacial score (nSPS) is 16.0. The molecule has 1 aliphatic rings. The number of nitrogens with one attached hydrogen (secondary N) is 2. The Morgan fingerprint density at radius 2 is 1.94 bits per heavy atom. The van der Waals surface area contributed by atoms with Gasteiger partial charge >= 0.3 is 5.97 Å². The Morgan fingerprint density at radius 3 is 2.65 bits per heavy atom. The molecule has 0 bridgehead atoms. The van der Waals surface area contributed by atoms with Gasteiger partial charge in [0, 0.05) is 13.1 Å². The van der Waals surface area contributed by atoms with Gasteiger partial charge in [0.05, 0.1) is 6.10 Å². The minimum atomic E-state index is -0.333. The zero-order valence-corrected chi connectivity index (χ0v) is 9.52. The molecule has 5 nitrogen and oxygen atoms in total. The number of esters is 1. The fraction of sp³-hybridized carbons (Fsp3) is 0.417. The lowest BCUT2D eigenvalue weighted by Gasteiger charge is -2.09. The van der Waals surface area contributed by atoms with Crippen molar-refractivity contribution in [3.05, 3.63) is 35.9 Å². The average Bonchev–Trinajstić information content (AvgIpc) is 2.88. The van der Waals surface area contributed by atoms with Crippen LogP contribution in [0.2, 0.25) is 0 Å². The van der Waals surface area contributed by atoms with E-state index in [-0.39, 0.29) is 18.7 Å². The quantitative estimate of drug-likeness (QED) is 0.716.